The molecule has 0 radical (unpaired) electrons. The number of aromatic nitrogens is 4. The van der Waals surface area contributed by atoms with Gasteiger partial charge in [0.1, 0.15) is 29.3 Å². The Balaban J connectivity index is 1.08. The van der Waals surface area contributed by atoms with Crippen LogP contribution in [0.25, 0.3) is 0 Å². The lowest BCUT2D eigenvalue weighted by atomic mass is 9.30. The first-order valence-electron chi connectivity index (χ1n) is 15.1. The number of hydrogen-bond acceptors (Lipinski definition) is 7. The number of nitrogens with zero attached hydrogens (tertiary/aromatic N) is 5. The van der Waals surface area contributed by atoms with E-state index in [4.69, 9.17) is 9.47 Å². The highest BCUT2D eigenvalue weighted by atomic mass is 19.3. The van der Waals surface area contributed by atoms with Crippen LogP contribution < -0.4 is 4.74 Å². The molecule has 1 N–H and O–H groups in total. The van der Waals surface area contributed by atoms with Gasteiger partial charge in [0.05, 0.1) is 13.2 Å². The Morgan fingerprint density at radius 1 is 1.04 bits per heavy atom. The zero-order chi connectivity index (χ0) is 32.3. The number of hydrogen-bond donors (Lipinski definition) is 1. The number of benzene rings is 2. The summed E-state index contributed by atoms with van der Waals surface area (Å²) in [5.74, 6) is -5.03. The van der Waals surface area contributed by atoms with Crippen molar-refractivity contribution >= 4 is 6.09 Å². The monoisotopic (exact) mass is 631 g/mol. The summed E-state index contributed by atoms with van der Waals surface area (Å²) < 4.78 is 73.8. The number of carbonyl (C=O) groups is 1. The van der Waals surface area contributed by atoms with E-state index in [9.17, 15) is 18.7 Å². The van der Waals surface area contributed by atoms with Crippen molar-refractivity contribution in [2.45, 2.75) is 82.0 Å². The predicted octanol–water partition coefficient (Wildman–Crippen LogP) is 5.62. The maximum atomic E-state index is 16.4. The highest BCUT2D eigenvalue weighted by Gasteiger charge is 2.82. The molecule has 2 bridgehead atoms. The van der Waals surface area contributed by atoms with Crippen molar-refractivity contribution in [2.75, 3.05) is 19.7 Å². The first-order chi connectivity index (χ1) is 21.2. The number of piperidine rings is 1. The van der Waals surface area contributed by atoms with Crippen LogP contribution in [-0.2, 0) is 22.3 Å². The number of rotatable bonds is 9. The van der Waals surface area contributed by atoms with E-state index in [-0.39, 0.29) is 25.4 Å². The molecular formula is C32H37F4N5O4. The minimum atomic E-state index is -3.78. The Morgan fingerprint density at radius 3 is 2.29 bits per heavy atom. The molecule has 1 saturated heterocycles. The van der Waals surface area contributed by atoms with Gasteiger partial charge in [-0.05, 0) is 104 Å². The van der Waals surface area contributed by atoms with Crippen LogP contribution in [-0.4, -0.2) is 67.5 Å². The van der Waals surface area contributed by atoms with Crippen LogP contribution in [0.3, 0.4) is 0 Å². The van der Waals surface area contributed by atoms with E-state index in [0.717, 1.165) is 41.5 Å². The summed E-state index contributed by atoms with van der Waals surface area (Å²) in [6.45, 7) is 6.44. The normalized spacial score (nSPS) is 24.8. The second-order valence-corrected chi connectivity index (χ2v) is 13.9. The van der Waals surface area contributed by atoms with Crippen LogP contribution in [0, 0.1) is 23.0 Å². The quantitative estimate of drug-likeness (QED) is 0.306. The van der Waals surface area contributed by atoms with Crippen LogP contribution in [0.15, 0.2) is 48.8 Å². The van der Waals surface area contributed by atoms with Gasteiger partial charge >= 0.3 is 6.09 Å². The summed E-state index contributed by atoms with van der Waals surface area (Å²) in [7, 11) is 0. The Bertz CT molecular complexity index is 1520. The Morgan fingerprint density at radius 2 is 1.71 bits per heavy atom. The van der Waals surface area contributed by atoms with Gasteiger partial charge in [-0.15, -0.1) is 5.10 Å². The van der Waals surface area contributed by atoms with Crippen molar-refractivity contribution in [3.05, 3.63) is 71.6 Å². The zero-order valence-corrected chi connectivity index (χ0v) is 25.5. The average molecular weight is 632 g/mol. The summed E-state index contributed by atoms with van der Waals surface area (Å²) in [5.41, 5.74) is -5.41. The fourth-order valence-corrected chi connectivity index (χ4v) is 7.26. The Labute approximate surface area is 258 Å². The first kappa shape index (κ1) is 31.3. The van der Waals surface area contributed by atoms with E-state index in [1.807, 2.05) is 45.0 Å². The van der Waals surface area contributed by atoms with E-state index >= 15 is 8.78 Å². The molecule has 1 unspecified atom stereocenters. The molecule has 13 heteroatoms. The lowest BCUT2D eigenvalue weighted by Crippen LogP contribution is -2.76. The zero-order valence-electron chi connectivity index (χ0n) is 25.5. The molecule has 4 aliphatic rings. The number of halogens is 4. The fraction of sp³-hybridized carbons (Fsp3) is 0.562. The smallest absolute Gasteiger partial charge is 0.410 e. The van der Waals surface area contributed by atoms with Crippen molar-refractivity contribution < 1.29 is 36.9 Å². The summed E-state index contributed by atoms with van der Waals surface area (Å²) >= 11 is 0. The highest BCUT2D eigenvalue weighted by Crippen LogP contribution is 2.80. The number of tetrazole rings is 1. The molecule has 0 spiro atoms. The molecule has 3 aliphatic carbocycles. The molecule has 3 aromatic rings. The fourth-order valence-electron chi connectivity index (χ4n) is 7.26. The van der Waals surface area contributed by atoms with Gasteiger partial charge in [0.2, 0.25) is 0 Å². The van der Waals surface area contributed by atoms with Crippen molar-refractivity contribution in [3.63, 3.8) is 0 Å². The van der Waals surface area contributed by atoms with Gasteiger partial charge < -0.3 is 19.5 Å². The van der Waals surface area contributed by atoms with E-state index < -0.39 is 51.7 Å². The molecule has 4 fully saturated rings. The average Bonchev–Trinajstić information content (AvgIpc) is 3.43. The van der Waals surface area contributed by atoms with Gasteiger partial charge in [-0.2, -0.15) is 0 Å². The van der Waals surface area contributed by atoms with Gasteiger partial charge in [-0.1, -0.05) is 12.1 Å². The maximum Gasteiger partial charge on any atom is 0.410 e. The molecular weight excluding hydrogens is 594 g/mol. The number of ether oxygens (including phenoxy) is 2. The van der Waals surface area contributed by atoms with Gasteiger partial charge in [0.15, 0.2) is 5.60 Å². The second-order valence-electron chi connectivity index (χ2n) is 13.9. The maximum absolute atomic E-state index is 16.4. The lowest BCUT2D eigenvalue weighted by molar-refractivity contribution is -0.347. The van der Waals surface area contributed by atoms with Crippen molar-refractivity contribution in [1.29, 1.82) is 0 Å². The van der Waals surface area contributed by atoms with Crippen molar-refractivity contribution in [2.24, 2.45) is 11.3 Å². The summed E-state index contributed by atoms with van der Waals surface area (Å²) in [4.78, 5) is 14.0. The molecule has 7 rings (SSSR count). The molecule has 242 valence electrons. The van der Waals surface area contributed by atoms with Crippen molar-refractivity contribution in [3.8, 4) is 5.75 Å². The van der Waals surface area contributed by atoms with Gasteiger partial charge in [-0.3, -0.25) is 0 Å². The molecule has 1 amide bonds. The number of aliphatic hydroxyl groups is 1. The van der Waals surface area contributed by atoms with Gasteiger partial charge in [0, 0.05) is 30.1 Å². The summed E-state index contributed by atoms with van der Waals surface area (Å²) in [6, 6.07) is 9.61. The molecule has 1 atom stereocenters. The van der Waals surface area contributed by atoms with E-state index in [1.165, 1.54) is 0 Å². The molecule has 1 aliphatic heterocycles. The van der Waals surface area contributed by atoms with Crippen LogP contribution in [0.1, 0.15) is 64.0 Å². The predicted molar refractivity (Wildman–Crippen MR) is 153 cm³/mol. The molecule has 2 aromatic carbocycles. The highest BCUT2D eigenvalue weighted by molar-refractivity contribution is 5.68. The molecule has 1 aromatic heterocycles. The molecule has 45 heavy (non-hydrogen) atoms. The third kappa shape index (κ3) is 5.53. The molecule has 9 nitrogen and oxygen atoms in total. The molecule has 2 heterocycles. The Hall–Kier alpha value is -3.74. The largest absolute Gasteiger partial charge is 0.493 e. The lowest BCUT2D eigenvalue weighted by Gasteiger charge is -2.74. The van der Waals surface area contributed by atoms with Crippen LogP contribution in [0.4, 0.5) is 22.4 Å². The van der Waals surface area contributed by atoms with Gasteiger partial charge in [-0.25, -0.2) is 27.0 Å². The number of amides is 1. The minimum absolute atomic E-state index is 0.101. The summed E-state index contributed by atoms with van der Waals surface area (Å²) in [6.07, 6.45) is 2.67. The third-order valence-corrected chi connectivity index (χ3v) is 9.59. The molecule has 3 saturated carbocycles. The SMILES string of the molecule is CC(C)(C)OC(=O)N1CCC(COc2ccc(C34CC(C(F)(F)C(O)(Cn5cnnn5)c5ccc(F)cc5F)(C3)C4)cc2)CC1. The minimum Gasteiger partial charge on any atom is -0.493 e. The van der Waals surface area contributed by atoms with Crippen LogP contribution in [0.5, 0.6) is 5.75 Å². The van der Waals surface area contributed by atoms with Crippen LogP contribution in [0.2, 0.25) is 0 Å². The number of alkyl halides is 2. The van der Waals surface area contributed by atoms with E-state index in [2.05, 4.69) is 15.5 Å². The Kier molecular flexibility index (Phi) is 7.61. The number of carbonyl (C=O) groups excluding carboxylic acids is 1. The van der Waals surface area contributed by atoms with Crippen LogP contribution >= 0.6 is 0 Å². The second kappa shape index (κ2) is 11.0. The van der Waals surface area contributed by atoms with E-state index in [0.29, 0.717) is 37.4 Å². The summed E-state index contributed by atoms with van der Waals surface area (Å²) in [5, 5.41) is 22.0. The van der Waals surface area contributed by atoms with Gasteiger partial charge in [0.25, 0.3) is 5.92 Å². The standard InChI is InChI=1S/C32H37F4N5O4/c1-28(2,3)45-27(42)40-12-10-21(11-13-40)15-44-24-7-4-22(5-8-24)29-16-30(17-29,18-29)32(35,36)31(43,19-41-20-37-38-39-41)25-9-6-23(33)14-26(25)34/h4-9,14,20-21,43H,10-13,15-19H2,1-3H3. The first-order valence-corrected chi connectivity index (χ1v) is 15.1. The number of likely N-dealkylation sites (tertiary alicyclic amines) is 1. The van der Waals surface area contributed by atoms with E-state index in [1.54, 1.807) is 4.90 Å². The third-order valence-electron chi connectivity index (χ3n) is 9.59. The van der Waals surface area contributed by atoms with Crippen molar-refractivity contribution in [1.82, 2.24) is 25.1 Å². The topological polar surface area (TPSA) is 103 Å².